The molecule has 9 unspecified atom stereocenters. The van der Waals surface area contributed by atoms with E-state index in [0.29, 0.717) is 19.3 Å². The average Bonchev–Trinajstić information content (AvgIpc) is 3.18. The van der Waals surface area contributed by atoms with Crippen LogP contribution in [0.15, 0.2) is 36.5 Å². The molecule has 1 amide bonds. The van der Waals surface area contributed by atoms with Gasteiger partial charge in [0.05, 0.1) is 25.4 Å². The van der Waals surface area contributed by atoms with Gasteiger partial charge >= 0.3 is 0 Å². The standard InChI is InChI=1S/C44H81NO10/c1-3-5-7-9-11-13-15-17-18-20-22-24-26-28-30-32-37(48)43(53)45-35(34-54-44-42(52)41(51)40(50)38(33-46)55-44)39(49)36(47)31-29-27-25-23-21-19-16-14-12-10-8-6-4-2/h14,16,18,20,23,25,35-42,44,46-52H,3-13,15,17,19,21-22,24,26-34H2,1-2H3,(H,45,53)/b16-14+,20-18-,25-23+. The normalized spacial score (nSPS) is 22.8. The average molecular weight is 784 g/mol. The number of hydrogen-bond donors (Lipinski definition) is 8. The van der Waals surface area contributed by atoms with Crippen LogP contribution in [0, 0.1) is 0 Å². The number of nitrogens with one attached hydrogen (secondary N) is 1. The smallest absolute Gasteiger partial charge is 0.249 e. The van der Waals surface area contributed by atoms with Crippen LogP contribution in [0.5, 0.6) is 0 Å². The van der Waals surface area contributed by atoms with Crippen molar-refractivity contribution in [1.29, 1.82) is 0 Å². The van der Waals surface area contributed by atoms with Crippen LogP contribution < -0.4 is 5.32 Å². The molecule has 1 rings (SSSR count). The van der Waals surface area contributed by atoms with Crippen LogP contribution >= 0.6 is 0 Å². The van der Waals surface area contributed by atoms with Crippen molar-refractivity contribution in [3.63, 3.8) is 0 Å². The van der Waals surface area contributed by atoms with Gasteiger partial charge in [-0.15, -0.1) is 0 Å². The molecular formula is C44H81NO10. The minimum absolute atomic E-state index is 0.236. The summed E-state index contributed by atoms with van der Waals surface area (Å²) in [6.07, 6.45) is 26.2. The maximum absolute atomic E-state index is 13.0. The van der Waals surface area contributed by atoms with Gasteiger partial charge in [-0.2, -0.15) is 0 Å². The van der Waals surface area contributed by atoms with E-state index in [9.17, 15) is 40.5 Å². The largest absolute Gasteiger partial charge is 0.394 e. The van der Waals surface area contributed by atoms with E-state index >= 15 is 0 Å². The molecule has 8 N–H and O–H groups in total. The molecule has 1 aliphatic rings. The predicted molar refractivity (Wildman–Crippen MR) is 219 cm³/mol. The lowest BCUT2D eigenvalue weighted by atomic mass is 9.98. The molecule has 0 aromatic rings. The quantitative estimate of drug-likeness (QED) is 0.0262. The number of ether oxygens (including phenoxy) is 2. The van der Waals surface area contributed by atoms with Crippen LogP contribution in [0.4, 0.5) is 0 Å². The Morgan fingerprint density at radius 3 is 1.64 bits per heavy atom. The Labute approximate surface area is 333 Å². The fourth-order valence-electron chi connectivity index (χ4n) is 6.68. The predicted octanol–water partition coefficient (Wildman–Crippen LogP) is 6.44. The minimum Gasteiger partial charge on any atom is -0.394 e. The molecule has 55 heavy (non-hydrogen) atoms. The van der Waals surface area contributed by atoms with Gasteiger partial charge in [-0.3, -0.25) is 4.79 Å². The van der Waals surface area contributed by atoms with Crippen molar-refractivity contribution in [2.24, 2.45) is 0 Å². The fraction of sp³-hybridized carbons (Fsp3) is 0.841. The van der Waals surface area contributed by atoms with Crippen LogP contribution in [0.25, 0.3) is 0 Å². The van der Waals surface area contributed by atoms with E-state index in [1.807, 2.05) is 0 Å². The molecule has 0 saturated carbocycles. The molecule has 11 heteroatoms. The zero-order valence-corrected chi connectivity index (χ0v) is 34.4. The number of unbranched alkanes of at least 4 members (excludes halogenated alkanes) is 17. The zero-order valence-electron chi connectivity index (χ0n) is 34.4. The summed E-state index contributed by atoms with van der Waals surface area (Å²) in [5.41, 5.74) is 0. The summed E-state index contributed by atoms with van der Waals surface area (Å²) in [7, 11) is 0. The highest BCUT2D eigenvalue weighted by atomic mass is 16.7. The van der Waals surface area contributed by atoms with Crippen LogP contribution in [0.1, 0.15) is 168 Å². The van der Waals surface area contributed by atoms with Gasteiger partial charge in [0, 0.05) is 0 Å². The molecule has 9 atom stereocenters. The van der Waals surface area contributed by atoms with Crippen molar-refractivity contribution in [3.8, 4) is 0 Å². The molecule has 322 valence electrons. The second kappa shape index (κ2) is 34.4. The summed E-state index contributed by atoms with van der Waals surface area (Å²) >= 11 is 0. The van der Waals surface area contributed by atoms with Crippen molar-refractivity contribution < 1.29 is 50.0 Å². The van der Waals surface area contributed by atoms with E-state index in [4.69, 9.17) is 9.47 Å². The Morgan fingerprint density at radius 1 is 0.618 bits per heavy atom. The molecule has 0 aliphatic carbocycles. The molecule has 0 bridgehead atoms. The topological polar surface area (TPSA) is 189 Å². The van der Waals surface area contributed by atoms with Gasteiger partial charge in [0.2, 0.25) is 5.91 Å². The van der Waals surface area contributed by atoms with E-state index in [0.717, 1.165) is 51.4 Å². The van der Waals surface area contributed by atoms with Gasteiger partial charge < -0.3 is 50.5 Å². The summed E-state index contributed by atoms with van der Waals surface area (Å²) in [5.74, 6) is -0.722. The number of allylic oxidation sites excluding steroid dienone is 6. The SMILES string of the molecule is CCCCCC/C=C/CC/C=C/CCCC(O)C(O)C(COC1OC(CO)C(O)C(O)C1O)NC(=O)C(O)CCCCCC/C=C\CCCCCCCCC. The second-order valence-electron chi connectivity index (χ2n) is 15.4. The lowest BCUT2D eigenvalue weighted by Crippen LogP contribution is -2.60. The van der Waals surface area contributed by atoms with Gasteiger partial charge in [-0.25, -0.2) is 0 Å². The first-order valence-corrected chi connectivity index (χ1v) is 21.9. The molecule has 0 spiro atoms. The zero-order chi connectivity index (χ0) is 40.5. The van der Waals surface area contributed by atoms with Crippen LogP contribution in [-0.2, 0) is 14.3 Å². The van der Waals surface area contributed by atoms with Crippen molar-refractivity contribution in [1.82, 2.24) is 5.32 Å². The van der Waals surface area contributed by atoms with Gasteiger partial charge in [-0.1, -0.05) is 127 Å². The highest BCUT2D eigenvalue weighted by molar-refractivity contribution is 5.80. The number of carbonyl (C=O) groups excluding carboxylic acids is 1. The number of amides is 1. The number of aliphatic hydroxyl groups is 7. The van der Waals surface area contributed by atoms with Crippen LogP contribution in [-0.4, -0.2) is 110 Å². The summed E-state index contributed by atoms with van der Waals surface area (Å²) < 4.78 is 11.0. The van der Waals surface area contributed by atoms with Gasteiger partial charge in [0.15, 0.2) is 6.29 Å². The third-order valence-electron chi connectivity index (χ3n) is 10.4. The van der Waals surface area contributed by atoms with Gasteiger partial charge in [-0.05, 0) is 77.0 Å². The number of aliphatic hydroxyl groups excluding tert-OH is 7. The molecule has 1 saturated heterocycles. The first kappa shape index (κ1) is 51.3. The third-order valence-corrected chi connectivity index (χ3v) is 10.4. The number of carbonyl (C=O) groups is 1. The Morgan fingerprint density at radius 2 is 1.09 bits per heavy atom. The van der Waals surface area contributed by atoms with E-state index in [1.165, 1.54) is 70.6 Å². The maximum Gasteiger partial charge on any atom is 0.249 e. The first-order valence-electron chi connectivity index (χ1n) is 21.9. The highest BCUT2D eigenvalue weighted by Crippen LogP contribution is 2.23. The number of rotatable bonds is 35. The lowest BCUT2D eigenvalue weighted by Gasteiger charge is -2.40. The van der Waals surface area contributed by atoms with Crippen LogP contribution in [0.2, 0.25) is 0 Å². The monoisotopic (exact) mass is 784 g/mol. The molecule has 11 nitrogen and oxygen atoms in total. The van der Waals surface area contributed by atoms with Crippen molar-refractivity contribution in [2.75, 3.05) is 13.2 Å². The lowest BCUT2D eigenvalue weighted by molar-refractivity contribution is -0.303. The fourth-order valence-corrected chi connectivity index (χ4v) is 6.68. The molecule has 1 heterocycles. The minimum atomic E-state index is -1.67. The highest BCUT2D eigenvalue weighted by Gasteiger charge is 2.44. The van der Waals surface area contributed by atoms with Crippen LogP contribution in [0.3, 0.4) is 0 Å². The third kappa shape index (κ3) is 24.7. The molecule has 0 aromatic carbocycles. The van der Waals surface area contributed by atoms with Gasteiger partial charge in [0.25, 0.3) is 0 Å². The number of hydrogen-bond acceptors (Lipinski definition) is 10. The summed E-state index contributed by atoms with van der Waals surface area (Å²) in [4.78, 5) is 13.0. The summed E-state index contributed by atoms with van der Waals surface area (Å²) in [6.45, 7) is 3.36. The van der Waals surface area contributed by atoms with E-state index in [-0.39, 0.29) is 12.8 Å². The molecule has 0 radical (unpaired) electrons. The van der Waals surface area contributed by atoms with E-state index in [2.05, 4.69) is 55.6 Å². The van der Waals surface area contributed by atoms with E-state index < -0.39 is 74.2 Å². The summed E-state index contributed by atoms with van der Waals surface area (Å²) in [6, 6.07) is -1.19. The molecule has 1 aliphatic heterocycles. The molecule has 1 fully saturated rings. The summed E-state index contributed by atoms with van der Waals surface area (Å²) in [5, 5.41) is 75.4. The Balaban J connectivity index is 2.54. The van der Waals surface area contributed by atoms with Gasteiger partial charge in [0.1, 0.15) is 36.6 Å². The molecule has 0 aromatic heterocycles. The maximum atomic E-state index is 13.0. The van der Waals surface area contributed by atoms with E-state index in [1.54, 1.807) is 0 Å². The van der Waals surface area contributed by atoms with Crippen molar-refractivity contribution in [3.05, 3.63) is 36.5 Å². The Bertz CT molecular complexity index is 992. The molecular weight excluding hydrogens is 702 g/mol. The van der Waals surface area contributed by atoms with Crippen molar-refractivity contribution >= 4 is 5.91 Å². The first-order chi connectivity index (χ1) is 26.7. The van der Waals surface area contributed by atoms with Crippen molar-refractivity contribution in [2.45, 2.75) is 223 Å². The Kier molecular flexibility index (Phi) is 32.1. The Hall–Kier alpha value is -1.67. The second-order valence-corrected chi connectivity index (χ2v) is 15.4.